The third kappa shape index (κ3) is 13.7. The summed E-state index contributed by atoms with van der Waals surface area (Å²) in [6.45, 7) is 14.7. The van der Waals surface area contributed by atoms with Crippen molar-refractivity contribution in [3.05, 3.63) is 47.5 Å². The zero-order valence-corrected chi connectivity index (χ0v) is 25.7. The molecule has 0 aromatic heterocycles. The molecule has 0 saturated carbocycles. The summed E-state index contributed by atoms with van der Waals surface area (Å²) >= 11 is 0. The van der Waals surface area contributed by atoms with Crippen molar-refractivity contribution < 1.29 is 47.3 Å². The van der Waals surface area contributed by atoms with Gasteiger partial charge in [0.25, 0.3) is 0 Å². The molecule has 1 N–H and O–H groups in total. The summed E-state index contributed by atoms with van der Waals surface area (Å²) in [5, 5.41) is 9.51. The van der Waals surface area contributed by atoms with Crippen LogP contribution >= 0.6 is 0 Å². The second-order valence-electron chi connectivity index (χ2n) is 10.1. The van der Waals surface area contributed by atoms with Crippen LogP contribution in [0.4, 0.5) is 0 Å². The van der Waals surface area contributed by atoms with Gasteiger partial charge in [-0.2, -0.15) is 0 Å². The Balaban J connectivity index is 2.48. The first-order valence-corrected chi connectivity index (χ1v) is 19.3. The van der Waals surface area contributed by atoms with E-state index >= 15 is 0 Å². The number of hydrogen-bond acceptors (Lipinski definition) is 9. The maximum Gasteiger partial charge on any atom is 0.339 e. The molecule has 0 amide bonds. The highest BCUT2D eigenvalue weighted by molar-refractivity contribution is 6.84. The number of aromatic carboxylic acids is 1. The molecule has 0 aliphatic heterocycles. The Morgan fingerprint density at radius 1 is 0.821 bits per heavy atom. The summed E-state index contributed by atoms with van der Waals surface area (Å²) in [6, 6.07) is 5.64. The maximum absolute atomic E-state index is 12.5. The fourth-order valence-corrected chi connectivity index (χ4v) is 12.9. The number of unbranched alkanes of at least 4 members (excludes halogenated alkanes) is 1. The molecule has 0 aliphatic rings. The van der Waals surface area contributed by atoms with Crippen LogP contribution in [0.3, 0.4) is 0 Å². The van der Waals surface area contributed by atoms with Gasteiger partial charge in [0.2, 0.25) is 0 Å². The fourth-order valence-electron chi connectivity index (χ4n) is 3.87. The third-order valence-corrected chi connectivity index (χ3v) is 13.2. The van der Waals surface area contributed by atoms with Crippen LogP contribution in [0, 0.1) is 0 Å². The molecule has 0 heterocycles. The molecule has 39 heavy (non-hydrogen) atoms. The van der Waals surface area contributed by atoms with Crippen LogP contribution in [-0.4, -0.2) is 78.7 Å². The van der Waals surface area contributed by atoms with Gasteiger partial charge in [-0.15, -0.1) is 0 Å². The van der Waals surface area contributed by atoms with Gasteiger partial charge in [0.1, 0.15) is 19.8 Å². The molecule has 12 heteroatoms. The fraction of sp³-hybridized carbons (Fsp3) is 0.556. The van der Waals surface area contributed by atoms with Crippen molar-refractivity contribution in [3.8, 4) is 0 Å². The molecule has 0 aliphatic carbocycles. The van der Waals surface area contributed by atoms with Crippen molar-refractivity contribution in [3.63, 3.8) is 0 Å². The van der Waals surface area contributed by atoms with Crippen molar-refractivity contribution >= 4 is 40.5 Å². The summed E-state index contributed by atoms with van der Waals surface area (Å²) in [5.41, 5.74) is -0.668. The van der Waals surface area contributed by atoms with Crippen molar-refractivity contribution in [2.75, 3.05) is 33.0 Å². The monoisotopic (exact) mass is 582 g/mol. The van der Waals surface area contributed by atoms with E-state index in [4.69, 9.17) is 23.1 Å². The van der Waals surface area contributed by atoms with Gasteiger partial charge in [-0.1, -0.05) is 26.3 Å². The van der Waals surface area contributed by atoms with Gasteiger partial charge in [-0.25, -0.2) is 19.2 Å². The van der Waals surface area contributed by atoms with Gasteiger partial charge in [0.15, 0.2) is 16.6 Å². The number of ether oxygens (including phenoxy) is 4. The maximum atomic E-state index is 12.5. The Kier molecular flexibility index (Phi) is 14.9. The normalized spacial score (nSPS) is 11.5. The van der Waals surface area contributed by atoms with E-state index in [1.807, 2.05) is 0 Å². The van der Waals surface area contributed by atoms with Crippen LogP contribution < -0.4 is 0 Å². The second kappa shape index (κ2) is 17.0. The molecule has 0 bridgehead atoms. The standard InChI is InChI=1S/C27H42O10Si2/c1-7-9-18-38(3,4)37-39(5,6)19-10-13-33-14-15-36-27(32)22-12-11-21(20-23(22)25(29)30)26(31)35-17-16-34-24(28)8-2/h8,11-12,20H,2,7,9-10,13-19H2,1,3-6H3,(H,29,30). The Morgan fingerprint density at radius 2 is 1.41 bits per heavy atom. The van der Waals surface area contributed by atoms with E-state index in [0.717, 1.165) is 24.6 Å². The first-order valence-electron chi connectivity index (χ1n) is 13.1. The van der Waals surface area contributed by atoms with Gasteiger partial charge >= 0.3 is 23.9 Å². The second-order valence-corrected chi connectivity index (χ2v) is 19.0. The molecule has 218 valence electrons. The van der Waals surface area contributed by atoms with E-state index in [9.17, 15) is 24.3 Å². The lowest BCUT2D eigenvalue weighted by Gasteiger charge is -2.34. The van der Waals surface area contributed by atoms with Crippen molar-refractivity contribution in [2.45, 2.75) is 64.5 Å². The van der Waals surface area contributed by atoms with E-state index in [-0.39, 0.29) is 37.6 Å². The molecular formula is C27H42O10Si2. The van der Waals surface area contributed by atoms with Crippen molar-refractivity contribution in [2.24, 2.45) is 0 Å². The minimum Gasteiger partial charge on any atom is -0.478 e. The zero-order chi connectivity index (χ0) is 29.5. The number of hydrogen-bond donors (Lipinski definition) is 1. The van der Waals surface area contributed by atoms with E-state index in [1.54, 1.807) is 0 Å². The van der Waals surface area contributed by atoms with Gasteiger partial charge in [-0.3, -0.25) is 0 Å². The molecule has 0 unspecified atom stereocenters. The van der Waals surface area contributed by atoms with Crippen LogP contribution in [0.5, 0.6) is 0 Å². The predicted molar refractivity (Wildman–Crippen MR) is 151 cm³/mol. The summed E-state index contributed by atoms with van der Waals surface area (Å²) in [7, 11) is -3.43. The molecule has 10 nitrogen and oxygen atoms in total. The number of esters is 3. The highest BCUT2D eigenvalue weighted by atomic mass is 28.4. The molecular weight excluding hydrogens is 540 g/mol. The number of rotatable bonds is 19. The first kappa shape index (κ1) is 34.2. The van der Waals surface area contributed by atoms with Gasteiger partial charge in [0.05, 0.1) is 23.3 Å². The number of carboxylic acids is 1. The average molecular weight is 583 g/mol. The summed E-state index contributed by atoms with van der Waals surface area (Å²) in [4.78, 5) is 47.3. The summed E-state index contributed by atoms with van der Waals surface area (Å²) in [5.74, 6) is -3.73. The predicted octanol–water partition coefficient (Wildman–Crippen LogP) is 5.06. The lowest BCUT2D eigenvalue weighted by molar-refractivity contribution is -0.138. The molecule has 0 radical (unpaired) electrons. The quantitative estimate of drug-likeness (QED) is 0.0775. The number of carbonyl (C=O) groups excluding carboxylic acids is 3. The molecule has 0 spiro atoms. The highest BCUT2D eigenvalue weighted by Crippen LogP contribution is 2.24. The first-order chi connectivity index (χ1) is 18.3. The zero-order valence-electron chi connectivity index (χ0n) is 23.7. The smallest absolute Gasteiger partial charge is 0.339 e. The molecule has 1 aromatic rings. The number of carboxylic acid groups (broad SMARTS) is 1. The Labute approximate surface area is 232 Å². The highest BCUT2D eigenvalue weighted by Gasteiger charge is 2.32. The minimum absolute atomic E-state index is 0.0423. The summed E-state index contributed by atoms with van der Waals surface area (Å²) < 4.78 is 27.0. The van der Waals surface area contributed by atoms with Gasteiger partial charge in [0, 0.05) is 12.7 Å². The lowest BCUT2D eigenvalue weighted by atomic mass is 10.0. The Bertz CT molecular complexity index is 991. The molecule has 0 fully saturated rings. The van der Waals surface area contributed by atoms with Crippen LogP contribution in [0.15, 0.2) is 30.9 Å². The van der Waals surface area contributed by atoms with E-state index in [1.165, 1.54) is 31.0 Å². The van der Waals surface area contributed by atoms with Gasteiger partial charge < -0.3 is 28.2 Å². The van der Waals surface area contributed by atoms with E-state index in [0.29, 0.717) is 6.61 Å². The number of benzene rings is 1. The largest absolute Gasteiger partial charge is 0.478 e. The van der Waals surface area contributed by atoms with E-state index < -0.39 is 46.1 Å². The van der Waals surface area contributed by atoms with E-state index in [2.05, 4.69) is 39.7 Å². The van der Waals surface area contributed by atoms with Gasteiger partial charge in [-0.05, 0) is 62.9 Å². The minimum atomic E-state index is -1.78. The molecule has 0 atom stereocenters. The van der Waals surface area contributed by atoms with Crippen molar-refractivity contribution in [1.82, 2.24) is 0 Å². The molecule has 1 rings (SSSR count). The van der Waals surface area contributed by atoms with Crippen LogP contribution in [0.2, 0.25) is 38.3 Å². The van der Waals surface area contributed by atoms with Crippen LogP contribution in [0.1, 0.15) is 57.3 Å². The number of carbonyl (C=O) groups is 4. The third-order valence-electron chi connectivity index (χ3n) is 5.65. The Hall–Kier alpha value is -2.81. The topological polar surface area (TPSA) is 135 Å². The van der Waals surface area contributed by atoms with Crippen molar-refractivity contribution in [1.29, 1.82) is 0 Å². The molecule has 0 saturated heterocycles. The summed E-state index contributed by atoms with van der Waals surface area (Å²) in [6.07, 6.45) is 4.20. The SMILES string of the molecule is C=CC(=O)OCCOC(=O)c1ccc(C(=O)OCCOCCC[Si](C)(C)O[Si](C)(C)CCCC)c(C(=O)O)c1. The molecule has 1 aromatic carbocycles. The lowest BCUT2D eigenvalue weighted by Crippen LogP contribution is -2.44. The average Bonchev–Trinajstić information content (AvgIpc) is 2.87. The Morgan fingerprint density at radius 3 is 2.03 bits per heavy atom. The van der Waals surface area contributed by atoms with Crippen LogP contribution in [-0.2, 0) is 27.9 Å². The van der Waals surface area contributed by atoms with Crippen LogP contribution in [0.25, 0.3) is 0 Å².